The molecule has 0 aromatic heterocycles. The monoisotopic (exact) mass is 233 g/mol. The summed E-state index contributed by atoms with van der Waals surface area (Å²) in [6.45, 7) is 5.26. The molecule has 0 amide bonds. The summed E-state index contributed by atoms with van der Waals surface area (Å²) in [5, 5.41) is 0. The third kappa shape index (κ3) is 2.79. The van der Waals surface area contributed by atoms with Crippen molar-refractivity contribution in [2.45, 2.75) is 25.4 Å². The molecule has 3 heteroatoms. The van der Waals surface area contributed by atoms with Gasteiger partial charge in [-0.3, -0.25) is 4.90 Å². The lowest BCUT2D eigenvalue weighted by atomic mass is 10.0. The predicted octanol–water partition coefficient (Wildman–Crippen LogP) is 1.54. The largest absolute Gasteiger partial charge is 0.366 e. The Kier molecular flexibility index (Phi) is 4.02. The first-order valence-electron chi connectivity index (χ1n) is 6.44. The highest BCUT2D eigenvalue weighted by atomic mass is 15.3. The van der Waals surface area contributed by atoms with Crippen molar-refractivity contribution >= 4 is 5.69 Å². The maximum atomic E-state index is 5.70. The van der Waals surface area contributed by atoms with Crippen LogP contribution in [0.4, 0.5) is 5.69 Å². The third-order valence-electron chi connectivity index (χ3n) is 3.70. The molecule has 2 N–H and O–H groups in total. The lowest BCUT2D eigenvalue weighted by Gasteiger charge is -2.45. The van der Waals surface area contributed by atoms with Crippen LogP contribution in [0.25, 0.3) is 0 Å². The van der Waals surface area contributed by atoms with Crippen LogP contribution in [0.3, 0.4) is 0 Å². The molecule has 3 nitrogen and oxygen atoms in total. The molecule has 94 valence electrons. The molecule has 2 atom stereocenters. The van der Waals surface area contributed by atoms with E-state index in [1.54, 1.807) is 0 Å². The normalized spacial score (nSPS) is 26.2. The van der Waals surface area contributed by atoms with Gasteiger partial charge in [-0.25, -0.2) is 0 Å². The molecule has 1 aromatic carbocycles. The van der Waals surface area contributed by atoms with Crippen LogP contribution >= 0.6 is 0 Å². The highest BCUT2D eigenvalue weighted by Gasteiger charge is 2.28. The van der Waals surface area contributed by atoms with Gasteiger partial charge in [0.2, 0.25) is 0 Å². The summed E-state index contributed by atoms with van der Waals surface area (Å²) in [6.07, 6.45) is 1.08. The van der Waals surface area contributed by atoms with Crippen LogP contribution < -0.4 is 10.6 Å². The Morgan fingerprint density at radius 1 is 1.24 bits per heavy atom. The quantitative estimate of drug-likeness (QED) is 0.859. The maximum Gasteiger partial charge on any atom is 0.0389 e. The van der Waals surface area contributed by atoms with Crippen molar-refractivity contribution in [1.82, 2.24) is 4.90 Å². The number of anilines is 1. The van der Waals surface area contributed by atoms with Gasteiger partial charge in [0.1, 0.15) is 0 Å². The minimum atomic E-state index is 0.566. The van der Waals surface area contributed by atoms with Gasteiger partial charge >= 0.3 is 0 Å². The van der Waals surface area contributed by atoms with Gasteiger partial charge in [0, 0.05) is 30.9 Å². The van der Waals surface area contributed by atoms with Crippen LogP contribution in [0, 0.1) is 0 Å². The average Bonchev–Trinajstić information content (AvgIpc) is 2.34. The first-order chi connectivity index (χ1) is 8.22. The zero-order chi connectivity index (χ0) is 12.3. The van der Waals surface area contributed by atoms with E-state index in [1.807, 2.05) is 0 Å². The van der Waals surface area contributed by atoms with E-state index in [-0.39, 0.29) is 0 Å². The number of piperazine rings is 1. The third-order valence-corrected chi connectivity index (χ3v) is 3.70. The number of nitrogens with two attached hydrogens (primary N) is 1. The molecule has 0 bridgehead atoms. The minimum Gasteiger partial charge on any atom is -0.366 e. The number of hydrogen-bond donors (Lipinski definition) is 1. The number of hydrogen-bond acceptors (Lipinski definition) is 3. The van der Waals surface area contributed by atoms with Crippen LogP contribution in [0.15, 0.2) is 30.3 Å². The molecule has 1 saturated heterocycles. The smallest absolute Gasteiger partial charge is 0.0389 e. The van der Waals surface area contributed by atoms with Crippen molar-refractivity contribution in [1.29, 1.82) is 0 Å². The molecule has 2 unspecified atom stereocenters. The summed E-state index contributed by atoms with van der Waals surface area (Å²) < 4.78 is 0. The highest BCUT2D eigenvalue weighted by Crippen LogP contribution is 2.23. The Morgan fingerprint density at radius 3 is 2.59 bits per heavy atom. The van der Waals surface area contributed by atoms with E-state index in [4.69, 9.17) is 5.73 Å². The predicted molar refractivity (Wildman–Crippen MR) is 73.3 cm³/mol. The number of para-hydroxylation sites is 1. The van der Waals surface area contributed by atoms with E-state index in [9.17, 15) is 0 Å². The van der Waals surface area contributed by atoms with Crippen molar-refractivity contribution < 1.29 is 0 Å². The van der Waals surface area contributed by atoms with Gasteiger partial charge in [0.05, 0.1) is 0 Å². The maximum absolute atomic E-state index is 5.70. The summed E-state index contributed by atoms with van der Waals surface area (Å²) in [4.78, 5) is 4.94. The Balaban J connectivity index is 2.12. The number of rotatable bonds is 3. The van der Waals surface area contributed by atoms with Gasteiger partial charge in [-0.2, -0.15) is 0 Å². The molecule has 1 heterocycles. The van der Waals surface area contributed by atoms with Gasteiger partial charge in [-0.05, 0) is 39.1 Å². The topological polar surface area (TPSA) is 32.5 Å². The number of benzene rings is 1. The first kappa shape index (κ1) is 12.4. The average molecular weight is 233 g/mol. The number of likely N-dealkylation sites (N-methyl/N-ethyl adjacent to an activating group) is 1. The fraction of sp³-hybridized carbons (Fsp3) is 0.571. The molecule has 17 heavy (non-hydrogen) atoms. The van der Waals surface area contributed by atoms with Crippen molar-refractivity contribution in [2.24, 2.45) is 5.73 Å². The molecule has 1 aliphatic rings. The molecule has 1 fully saturated rings. The lowest BCUT2D eigenvalue weighted by Crippen LogP contribution is -2.56. The fourth-order valence-corrected chi connectivity index (χ4v) is 2.69. The Hall–Kier alpha value is -1.06. The molecule has 1 aliphatic heterocycles. The number of nitrogens with zero attached hydrogens (tertiary/aromatic N) is 2. The second kappa shape index (κ2) is 5.52. The minimum absolute atomic E-state index is 0.566. The first-order valence-corrected chi connectivity index (χ1v) is 6.44. The van der Waals surface area contributed by atoms with Gasteiger partial charge in [-0.1, -0.05) is 18.2 Å². The van der Waals surface area contributed by atoms with Crippen molar-refractivity contribution in [3.05, 3.63) is 30.3 Å². The van der Waals surface area contributed by atoms with Crippen LogP contribution in [0.2, 0.25) is 0 Å². The van der Waals surface area contributed by atoms with Crippen LogP contribution in [-0.4, -0.2) is 43.7 Å². The Labute approximate surface area is 104 Å². The van der Waals surface area contributed by atoms with Gasteiger partial charge in [-0.15, -0.1) is 0 Å². The van der Waals surface area contributed by atoms with E-state index in [1.165, 1.54) is 5.69 Å². The summed E-state index contributed by atoms with van der Waals surface area (Å²) in [5.74, 6) is 0. The second-order valence-electron chi connectivity index (χ2n) is 5.01. The molecule has 0 saturated carbocycles. The zero-order valence-electron chi connectivity index (χ0n) is 10.8. The van der Waals surface area contributed by atoms with E-state index >= 15 is 0 Å². The van der Waals surface area contributed by atoms with E-state index in [0.29, 0.717) is 12.1 Å². The van der Waals surface area contributed by atoms with Crippen LogP contribution in [0.5, 0.6) is 0 Å². The SMILES string of the molecule is CC1CN(C)C(CCN)CN1c1ccccc1. The Morgan fingerprint density at radius 2 is 1.94 bits per heavy atom. The standard InChI is InChI=1S/C14H23N3/c1-12-10-16(2)14(8-9-15)11-17(12)13-6-4-3-5-7-13/h3-7,12,14H,8-11,15H2,1-2H3. The van der Waals surface area contributed by atoms with Crippen molar-refractivity contribution in [3.8, 4) is 0 Å². The van der Waals surface area contributed by atoms with Crippen LogP contribution in [-0.2, 0) is 0 Å². The van der Waals surface area contributed by atoms with Gasteiger partial charge in [0.25, 0.3) is 0 Å². The summed E-state index contributed by atoms with van der Waals surface area (Å²) in [5.41, 5.74) is 7.02. The van der Waals surface area contributed by atoms with Gasteiger partial charge in [0.15, 0.2) is 0 Å². The van der Waals surface area contributed by atoms with Crippen LogP contribution in [0.1, 0.15) is 13.3 Å². The molecule has 0 aliphatic carbocycles. The fourth-order valence-electron chi connectivity index (χ4n) is 2.69. The summed E-state index contributed by atoms with van der Waals surface area (Å²) in [7, 11) is 2.21. The van der Waals surface area contributed by atoms with E-state index in [0.717, 1.165) is 26.1 Å². The molecule has 0 radical (unpaired) electrons. The molecular weight excluding hydrogens is 210 g/mol. The summed E-state index contributed by atoms with van der Waals surface area (Å²) in [6, 6.07) is 11.8. The molecule has 0 spiro atoms. The lowest BCUT2D eigenvalue weighted by molar-refractivity contribution is 0.185. The zero-order valence-corrected chi connectivity index (χ0v) is 10.8. The van der Waals surface area contributed by atoms with E-state index < -0.39 is 0 Å². The second-order valence-corrected chi connectivity index (χ2v) is 5.01. The highest BCUT2D eigenvalue weighted by molar-refractivity contribution is 5.47. The Bertz CT molecular complexity index is 339. The van der Waals surface area contributed by atoms with Crippen molar-refractivity contribution in [2.75, 3.05) is 31.6 Å². The van der Waals surface area contributed by atoms with E-state index in [2.05, 4.69) is 54.1 Å². The molecular formula is C14H23N3. The van der Waals surface area contributed by atoms with Gasteiger partial charge < -0.3 is 10.6 Å². The molecule has 2 rings (SSSR count). The summed E-state index contributed by atoms with van der Waals surface area (Å²) >= 11 is 0. The van der Waals surface area contributed by atoms with Crippen molar-refractivity contribution in [3.63, 3.8) is 0 Å². The molecule has 1 aromatic rings.